The second-order valence-corrected chi connectivity index (χ2v) is 17.9. The van der Waals surface area contributed by atoms with Crippen LogP contribution in [0.3, 0.4) is 0 Å². The molecule has 11 heteroatoms. The zero-order chi connectivity index (χ0) is 28.8. The number of benzene rings is 2. The van der Waals surface area contributed by atoms with E-state index in [1.165, 1.54) is 12.1 Å². The van der Waals surface area contributed by atoms with Gasteiger partial charge in [-0.1, -0.05) is 51.5 Å². The molecule has 0 saturated heterocycles. The highest BCUT2D eigenvalue weighted by Gasteiger charge is 2.27. The molecule has 0 bridgehead atoms. The number of carbonyl (C=O) groups is 1. The van der Waals surface area contributed by atoms with Crippen LogP contribution >= 0.6 is 0 Å². The number of rotatable bonds is 9. The Labute approximate surface area is 225 Å². The van der Waals surface area contributed by atoms with Gasteiger partial charge in [0.25, 0.3) is 0 Å². The van der Waals surface area contributed by atoms with Crippen molar-refractivity contribution < 1.29 is 32.3 Å². The summed E-state index contributed by atoms with van der Waals surface area (Å²) in [6.45, 7) is 16.1. The Kier molecular flexibility index (Phi) is 10.4. The highest BCUT2D eigenvalue weighted by Crippen LogP contribution is 2.30. The minimum Gasteiger partial charge on any atom is -0.478 e. The van der Waals surface area contributed by atoms with Gasteiger partial charge in [0.05, 0.1) is 29.3 Å². The third-order valence-electron chi connectivity index (χ3n) is 5.11. The number of oxime groups is 1. The van der Waals surface area contributed by atoms with E-state index in [9.17, 15) is 18.7 Å². The lowest BCUT2D eigenvalue weighted by molar-refractivity contribution is -0.00346. The van der Waals surface area contributed by atoms with Gasteiger partial charge in [0, 0.05) is 11.1 Å². The smallest absolute Gasteiger partial charge is 0.337 e. The van der Waals surface area contributed by atoms with Crippen LogP contribution in [0.5, 0.6) is 0 Å². The number of anilines is 2. The average molecular weight is 564 g/mol. The molecular weight excluding hydrogens is 529 g/mol. The molecule has 0 fully saturated rings. The van der Waals surface area contributed by atoms with E-state index < -0.39 is 57.3 Å². The summed E-state index contributed by atoms with van der Waals surface area (Å²) in [5, 5.41) is 15.7. The minimum absolute atomic E-state index is 0.0724. The van der Waals surface area contributed by atoms with E-state index in [2.05, 4.69) is 21.9 Å². The molecule has 0 spiro atoms. The summed E-state index contributed by atoms with van der Waals surface area (Å²) in [4.78, 5) is 17.1. The first-order valence-corrected chi connectivity index (χ1v) is 17.9. The monoisotopic (exact) mass is 563 g/mol. The van der Waals surface area contributed by atoms with Gasteiger partial charge in [-0.15, -0.1) is 5.54 Å². The molecule has 2 aromatic carbocycles. The molecule has 2 aromatic rings. The number of carboxylic acids is 1. The van der Waals surface area contributed by atoms with E-state index in [4.69, 9.17) is 9.26 Å². The Balaban J connectivity index is 2.32. The Bertz CT molecular complexity index is 1260. The zero-order valence-corrected chi connectivity index (χ0v) is 24.9. The Morgan fingerprint density at radius 1 is 1.18 bits per heavy atom. The molecule has 6 nitrogen and oxygen atoms in total. The van der Waals surface area contributed by atoms with Gasteiger partial charge in [0.2, 0.25) is 9.04 Å². The number of nitrogens with zero attached hydrogens (tertiary/aromatic N) is 1. The summed E-state index contributed by atoms with van der Waals surface area (Å²) in [6, 6.07) is 4.86. The Morgan fingerprint density at radius 3 is 2.37 bits per heavy atom. The molecule has 0 aliphatic carbocycles. The summed E-state index contributed by atoms with van der Waals surface area (Å²) in [6.07, 6.45) is 0.610. The first-order valence-electron chi connectivity index (χ1n) is 12.0. The molecule has 0 amide bonds. The van der Waals surface area contributed by atoms with Gasteiger partial charge in [0.15, 0.2) is 11.6 Å². The fraction of sp³-hybridized carbons (Fsp3) is 0.407. The van der Waals surface area contributed by atoms with Crippen LogP contribution in [0.25, 0.3) is 0 Å². The predicted octanol–water partition coefficient (Wildman–Crippen LogP) is 6.81. The summed E-state index contributed by atoms with van der Waals surface area (Å²) in [5.41, 5.74) is 1.30. The van der Waals surface area contributed by atoms with Crippen molar-refractivity contribution in [1.29, 1.82) is 0 Å². The lowest BCUT2D eigenvalue weighted by atomic mass is 9.90. The van der Waals surface area contributed by atoms with Gasteiger partial charge in [0.1, 0.15) is 20.5 Å². The van der Waals surface area contributed by atoms with E-state index >= 15 is 4.39 Å². The minimum atomic E-state index is -1.68. The van der Waals surface area contributed by atoms with Crippen LogP contribution in [0.1, 0.15) is 42.3 Å². The molecule has 0 heterocycles. The van der Waals surface area contributed by atoms with Crippen LogP contribution in [0.15, 0.2) is 29.4 Å². The second kappa shape index (κ2) is 12.6. The Morgan fingerprint density at radius 2 is 1.84 bits per heavy atom. The largest absolute Gasteiger partial charge is 0.478 e. The van der Waals surface area contributed by atoms with Crippen LogP contribution in [0, 0.1) is 34.3 Å². The molecule has 2 rings (SSSR count). The summed E-state index contributed by atoms with van der Waals surface area (Å²) < 4.78 is 50.5. The fourth-order valence-electron chi connectivity index (χ4n) is 3.07. The van der Waals surface area contributed by atoms with Crippen LogP contribution in [-0.2, 0) is 9.26 Å². The average Bonchev–Trinajstić information content (AvgIpc) is 2.78. The standard InChI is InChI=1S/C27H34F3N2O4Si2/c1-27(2,3)22(36-37(4)5)16-35-31-15-18-14-19(26(33)34)25(24(30)23(18)29)32-21-10-9-17(13-20(21)28)11-12-38(6,7)8/h9-10,13-15,22,32H,16H2,1-8H3,(H,33,34). The van der Waals surface area contributed by atoms with E-state index in [0.717, 1.165) is 18.3 Å². The summed E-state index contributed by atoms with van der Waals surface area (Å²) in [5.74, 6) is -2.28. The van der Waals surface area contributed by atoms with Gasteiger partial charge < -0.3 is 19.7 Å². The normalized spacial score (nSPS) is 12.8. The number of aromatic carboxylic acids is 1. The van der Waals surface area contributed by atoms with Crippen LogP contribution in [-0.4, -0.2) is 47.1 Å². The first kappa shape index (κ1) is 31.1. The third kappa shape index (κ3) is 9.04. The van der Waals surface area contributed by atoms with Crippen LogP contribution in [0.2, 0.25) is 32.7 Å². The number of hydrogen-bond acceptors (Lipinski definition) is 5. The third-order valence-corrected chi connectivity index (χ3v) is 6.74. The van der Waals surface area contributed by atoms with Crippen molar-refractivity contribution in [3.05, 3.63) is 58.4 Å². The van der Waals surface area contributed by atoms with Gasteiger partial charge in [-0.2, -0.15) is 0 Å². The van der Waals surface area contributed by atoms with Gasteiger partial charge in [-0.3, -0.25) is 0 Å². The van der Waals surface area contributed by atoms with Crippen molar-refractivity contribution in [3.8, 4) is 11.5 Å². The second-order valence-electron chi connectivity index (χ2n) is 11.1. The van der Waals surface area contributed by atoms with Crippen molar-refractivity contribution in [2.45, 2.75) is 59.6 Å². The molecule has 1 unspecified atom stereocenters. The molecule has 0 aromatic heterocycles. The quantitative estimate of drug-likeness (QED) is 0.152. The first-order chi connectivity index (χ1) is 17.5. The van der Waals surface area contributed by atoms with E-state index in [1.54, 1.807) is 0 Å². The molecule has 0 aliphatic heterocycles. The molecule has 0 saturated carbocycles. The molecule has 2 N–H and O–H groups in total. The van der Waals surface area contributed by atoms with Crippen molar-refractivity contribution in [1.82, 2.24) is 0 Å². The number of halogens is 3. The molecular formula is C27H34F3N2O4Si2. The summed E-state index contributed by atoms with van der Waals surface area (Å²) in [7, 11) is -2.71. The van der Waals surface area contributed by atoms with E-state index in [0.29, 0.717) is 5.56 Å². The van der Waals surface area contributed by atoms with Gasteiger partial charge in [-0.25, -0.2) is 18.0 Å². The molecule has 1 radical (unpaired) electrons. The lowest BCUT2D eigenvalue weighted by Gasteiger charge is -2.31. The topological polar surface area (TPSA) is 80.2 Å². The molecule has 38 heavy (non-hydrogen) atoms. The van der Waals surface area contributed by atoms with Crippen molar-refractivity contribution in [2.24, 2.45) is 10.6 Å². The number of carboxylic acid groups (broad SMARTS) is 1. The highest BCUT2D eigenvalue weighted by molar-refractivity contribution is 6.83. The van der Waals surface area contributed by atoms with E-state index in [1.807, 2.05) is 53.5 Å². The summed E-state index contributed by atoms with van der Waals surface area (Å²) >= 11 is 0. The van der Waals surface area contributed by atoms with Crippen molar-refractivity contribution in [3.63, 3.8) is 0 Å². The zero-order valence-electron chi connectivity index (χ0n) is 22.9. The maximum atomic E-state index is 15.0. The number of nitrogens with one attached hydrogen (secondary N) is 1. The fourth-order valence-corrected chi connectivity index (χ4v) is 4.58. The van der Waals surface area contributed by atoms with Gasteiger partial charge in [-0.05, 0) is 42.8 Å². The lowest BCUT2D eigenvalue weighted by Crippen LogP contribution is -2.36. The molecule has 0 aliphatic rings. The van der Waals surface area contributed by atoms with Gasteiger partial charge >= 0.3 is 5.97 Å². The SMILES string of the molecule is C[Si](C)OC(CON=Cc1cc(C(=O)O)c(Nc2ccc(C#C[Si](C)(C)C)cc2F)c(F)c1F)C(C)(C)C. The molecule has 205 valence electrons. The van der Waals surface area contributed by atoms with E-state index in [-0.39, 0.29) is 23.8 Å². The maximum absolute atomic E-state index is 15.0. The van der Waals surface area contributed by atoms with Crippen molar-refractivity contribution in [2.75, 3.05) is 11.9 Å². The molecule has 1 atom stereocenters. The number of hydrogen-bond donors (Lipinski definition) is 2. The maximum Gasteiger partial charge on any atom is 0.337 e. The highest BCUT2D eigenvalue weighted by atomic mass is 28.3. The van der Waals surface area contributed by atoms with Crippen LogP contribution < -0.4 is 5.32 Å². The predicted molar refractivity (Wildman–Crippen MR) is 149 cm³/mol. The Hall–Kier alpha value is -3.08. The van der Waals surface area contributed by atoms with Crippen molar-refractivity contribution >= 4 is 40.7 Å². The van der Waals surface area contributed by atoms with Crippen LogP contribution in [0.4, 0.5) is 24.5 Å².